The highest BCUT2D eigenvalue weighted by Gasteiger charge is 2.21. The van der Waals surface area contributed by atoms with E-state index < -0.39 is 0 Å². The van der Waals surface area contributed by atoms with Crippen LogP contribution >= 0.6 is 11.6 Å². The Labute approximate surface area is 113 Å². The van der Waals surface area contributed by atoms with Gasteiger partial charge in [0.1, 0.15) is 5.69 Å². The van der Waals surface area contributed by atoms with Gasteiger partial charge in [0.25, 0.3) is 5.91 Å². The van der Waals surface area contributed by atoms with Crippen molar-refractivity contribution >= 4 is 29.1 Å². The van der Waals surface area contributed by atoms with Crippen molar-refractivity contribution in [2.45, 2.75) is 12.5 Å². The summed E-state index contributed by atoms with van der Waals surface area (Å²) < 4.78 is 6.59. The molecule has 0 aliphatic carbocycles. The van der Waals surface area contributed by atoms with Crippen molar-refractivity contribution in [2.75, 3.05) is 18.9 Å². The zero-order chi connectivity index (χ0) is 13.4. The predicted molar refractivity (Wildman–Crippen MR) is 69.1 cm³/mol. The molecule has 3 rings (SSSR count). The van der Waals surface area contributed by atoms with E-state index in [0.717, 1.165) is 6.42 Å². The van der Waals surface area contributed by atoms with E-state index in [1.807, 2.05) is 0 Å². The number of rotatable bonds is 2. The van der Waals surface area contributed by atoms with Gasteiger partial charge in [-0.25, -0.2) is 4.52 Å². The number of nitrogens with zero attached hydrogens (tertiary/aromatic N) is 3. The third-order valence-corrected chi connectivity index (χ3v) is 3.13. The molecule has 0 aromatic carbocycles. The molecule has 1 saturated heterocycles. The lowest BCUT2D eigenvalue weighted by atomic mass is 10.2. The van der Waals surface area contributed by atoms with Crippen molar-refractivity contribution in [2.24, 2.45) is 0 Å². The number of nitrogen functional groups attached to an aromatic ring is 1. The van der Waals surface area contributed by atoms with Crippen molar-refractivity contribution in [1.29, 1.82) is 0 Å². The maximum atomic E-state index is 12.2. The highest BCUT2D eigenvalue weighted by molar-refractivity contribution is 6.31. The number of anilines is 1. The summed E-state index contributed by atoms with van der Waals surface area (Å²) in [4.78, 5) is 16.2. The van der Waals surface area contributed by atoms with Gasteiger partial charge >= 0.3 is 0 Å². The van der Waals surface area contributed by atoms with E-state index in [0.29, 0.717) is 29.6 Å². The fourth-order valence-electron chi connectivity index (χ4n) is 2.04. The summed E-state index contributed by atoms with van der Waals surface area (Å²) in [5.74, 6) is -0.173. The Morgan fingerprint density at radius 3 is 3.16 bits per heavy atom. The normalized spacial score (nSPS) is 18.9. The van der Waals surface area contributed by atoms with Gasteiger partial charge in [0, 0.05) is 17.7 Å². The van der Waals surface area contributed by atoms with Crippen LogP contribution in [0.3, 0.4) is 0 Å². The van der Waals surface area contributed by atoms with Gasteiger partial charge in [-0.15, -0.1) is 5.10 Å². The smallest absolute Gasteiger partial charge is 0.270 e. The molecule has 2 aromatic rings. The number of nitrogens with one attached hydrogen (secondary N) is 1. The Bertz CT molecular complexity index is 635. The van der Waals surface area contributed by atoms with Crippen LogP contribution in [0.5, 0.6) is 0 Å². The van der Waals surface area contributed by atoms with Crippen LogP contribution in [0, 0.1) is 0 Å². The molecule has 1 aliphatic heterocycles. The first-order chi connectivity index (χ1) is 9.13. The lowest BCUT2D eigenvalue weighted by Gasteiger charge is -2.11. The van der Waals surface area contributed by atoms with E-state index in [2.05, 4.69) is 15.4 Å². The molecule has 0 spiro atoms. The van der Waals surface area contributed by atoms with Crippen LogP contribution < -0.4 is 11.1 Å². The van der Waals surface area contributed by atoms with Crippen molar-refractivity contribution in [3.63, 3.8) is 0 Å². The molecule has 1 amide bonds. The van der Waals surface area contributed by atoms with Gasteiger partial charge in [0.05, 0.1) is 12.6 Å². The van der Waals surface area contributed by atoms with Crippen LogP contribution in [0.2, 0.25) is 5.02 Å². The second-order valence-corrected chi connectivity index (χ2v) is 4.77. The van der Waals surface area contributed by atoms with Crippen LogP contribution in [-0.4, -0.2) is 39.8 Å². The molecule has 19 heavy (non-hydrogen) atoms. The molecule has 2 aromatic heterocycles. The van der Waals surface area contributed by atoms with E-state index in [4.69, 9.17) is 22.1 Å². The summed E-state index contributed by atoms with van der Waals surface area (Å²) in [6.07, 6.45) is 0.801. The van der Waals surface area contributed by atoms with Gasteiger partial charge in [-0.3, -0.25) is 4.79 Å². The molecule has 3 heterocycles. The van der Waals surface area contributed by atoms with Crippen molar-refractivity contribution in [3.8, 4) is 0 Å². The average Bonchev–Trinajstić information content (AvgIpc) is 2.96. The Morgan fingerprint density at radius 1 is 1.58 bits per heavy atom. The summed E-state index contributed by atoms with van der Waals surface area (Å²) in [5, 5.41) is 7.26. The molecule has 0 radical (unpaired) electrons. The number of hydrogen-bond donors (Lipinski definition) is 2. The average molecular weight is 282 g/mol. The molecule has 0 bridgehead atoms. The molecule has 1 atom stereocenters. The van der Waals surface area contributed by atoms with Crippen LogP contribution in [-0.2, 0) is 4.74 Å². The molecule has 1 fully saturated rings. The second-order valence-electron chi connectivity index (χ2n) is 4.33. The van der Waals surface area contributed by atoms with Crippen LogP contribution in [0.4, 0.5) is 5.95 Å². The van der Waals surface area contributed by atoms with Gasteiger partial charge < -0.3 is 15.8 Å². The Morgan fingerprint density at radius 2 is 2.42 bits per heavy atom. The van der Waals surface area contributed by atoms with Gasteiger partial charge in [-0.1, -0.05) is 11.6 Å². The maximum Gasteiger partial charge on any atom is 0.270 e. The van der Waals surface area contributed by atoms with E-state index in [-0.39, 0.29) is 17.9 Å². The van der Waals surface area contributed by atoms with Gasteiger partial charge in [0.15, 0.2) is 5.65 Å². The van der Waals surface area contributed by atoms with Crippen LogP contribution in [0.1, 0.15) is 16.9 Å². The van der Waals surface area contributed by atoms with Crippen molar-refractivity contribution < 1.29 is 9.53 Å². The lowest BCUT2D eigenvalue weighted by Crippen LogP contribution is -2.36. The highest BCUT2D eigenvalue weighted by Crippen LogP contribution is 2.16. The number of carbonyl (C=O) groups excluding carboxylic acids is 1. The summed E-state index contributed by atoms with van der Waals surface area (Å²) >= 11 is 5.97. The third-order valence-electron chi connectivity index (χ3n) is 2.92. The summed E-state index contributed by atoms with van der Waals surface area (Å²) in [7, 11) is 0. The van der Waals surface area contributed by atoms with Crippen LogP contribution in [0.15, 0.2) is 12.1 Å². The molecule has 0 saturated carbocycles. The van der Waals surface area contributed by atoms with Crippen molar-refractivity contribution in [3.05, 3.63) is 22.8 Å². The number of amides is 1. The molecule has 1 aliphatic rings. The first-order valence-electron chi connectivity index (χ1n) is 5.84. The molecule has 1 unspecified atom stereocenters. The van der Waals surface area contributed by atoms with Gasteiger partial charge in [-0.2, -0.15) is 4.98 Å². The van der Waals surface area contributed by atoms with E-state index in [9.17, 15) is 4.79 Å². The van der Waals surface area contributed by atoms with Crippen LogP contribution in [0.25, 0.3) is 5.65 Å². The van der Waals surface area contributed by atoms with E-state index in [1.54, 1.807) is 6.07 Å². The lowest BCUT2D eigenvalue weighted by molar-refractivity contribution is 0.0922. The summed E-state index contributed by atoms with van der Waals surface area (Å²) in [6, 6.07) is 3.15. The quantitative estimate of drug-likeness (QED) is 0.835. The number of fused-ring (bicyclic) bond motifs is 1. The van der Waals surface area contributed by atoms with E-state index in [1.165, 1.54) is 10.6 Å². The maximum absolute atomic E-state index is 12.2. The Balaban J connectivity index is 1.96. The third kappa shape index (κ3) is 2.34. The Kier molecular flexibility index (Phi) is 3.00. The first kappa shape index (κ1) is 12.2. The molecule has 3 N–H and O–H groups in total. The van der Waals surface area contributed by atoms with Gasteiger partial charge in [0.2, 0.25) is 5.95 Å². The minimum Gasteiger partial charge on any atom is -0.379 e. The minimum atomic E-state index is -0.270. The number of carbonyl (C=O) groups is 1. The number of halogens is 1. The molecule has 100 valence electrons. The number of ether oxygens (including phenoxy) is 1. The highest BCUT2D eigenvalue weighted by atomic mass is 35.5. The molecular formula is C11H12ClN5O2. The Hall–Kier alpha value is -1.86. The topological polar surface area (TPSA) is 94.5 Å². The molecular weight excluding hydrogens is 270 g/mol. The number of pyridine rings is 1. The number of nitrogens with two attached hydrogens (primary N) is 1. The molecule has 7 nitrogen and oxygen atoms in total. The molecule has 8 heteroatoms. The van der Waals surface area contributed by atoms with Gasteiger partial charge in [-0.05, 0) is 12.5 Å². The van der Waals surface area contributed by atoms with E-state index >= 15 is 0 Å². The summed E-state index contributed by atoms with van der Waals surface area (Å²) in [5.41, 5.74) is 6.28. The monoisotopic (exact) mass is 281 g/mol. The zero-order valence-corrected chi connectivity index (χ0v) is 10.7. The second kappa shape index (κ2) is 4.67. The SMILES string of the molecule is Nc1nc2cc(Cl)cc(C(=O)NC3CCOC3)n2n1. The predicted octanol–water partition coefficient (Wildman–Crippen LogP) is 0.484. The number of hydrogen-bond acceptors (Lipinski definition) is 5. The first-order valence-corrected chi connectivity index (χ1v) is 6.22. The number of aromatic nitrogens is 3. The largest absolute Gasteiger partial charge is 0.379 e. The zero-order valence-electron chi connectivity index (χ0n) is 9.97. The fraction of sp³-hybridized carbons (Fsp3) is 0.364. The summed E-state index contributed by atoms with van der Waals surface area (Å²) in [6.45, 7) is 1.18. The minimum absolute atomic E-state index is 0.0161. The fourth-order valence-corrected chi connectivity index (χ4v) is 2.24. The standard InChI is InChI=1S/C11H12ClN5O2/c12-6-3-8(10(18)14-7-1-2-19-5-7)17-9(4-6)15-11(13)16-17/h3-4,7H,1-2,5H2,(H2,13,16)(H,14,18). The van der Waals surface area contributed by atoms with Crippen molar-refractivity contribution in [1.82, 2.24) is 19.9 Å².